The van der Waals surface area contributed by atoms with E-state index in [4.69, 9.17) is 5.10 Å². The molecule has 2 heterocycles. The van der Waals surface area contributed by atoms with E-state index in [1.165, 1.54) is 12.7 Å². The van der Waals surface area contributed by atoms with Crippen LogP contribution in [0.5, 0.6) is 0 Å². The zero-order valence-electron chi connectivity index (χ0n) is 16.9. The maximum atomic E-state index is 12.9. The Balaban J connectivity index is 1.79. The summed E-state index contributed by atoms with van der Waals surface area (Å²) >= 11 is 0. The second-order valence-electron chi connectivity index (χ2n) is 8.04. The molecule has 0 radical (unpaired) electrons. The molecule has 8 heteroatoms. The number of hydrogen-bond donors (Lipinski definition) is 1. The molecule has 1 saturated carbocycles. The topological polar surface area (TPSA) is 86.0 Å². The standard InChI is InChI=1S/C21H26N4O3S/c1-14-6-4-5-7-17(14)25-18-12-13-24(2)21(26)19(18)20(23-25)22-15-8-10-16(11-9-15)29(3,27)28/h8-14,17H,4-7H2,1-3H3,(H,22,23). The van der Waals surface area contributed by atoms with Crippen molar-refractivity contribution >= 4 is 32.2 Å². The van der Waals surface area contributed by atoms with Gasteiger partial charge in [-0.1, -0.05) is 19.8 Å². The van der Waals surface area contributed by atoms with Crippen LogP contribution in [0.3, 0.4) is 0 Å². The number of benzene rings is 1. The highest BCUT2D eigenvalue weighted by Gasteiger charge is 2.27. The maximum absolute atomic E-state index is 12.9. The lowest BCUT2D eigenvalue weighted by atomic mass is 9.86. The van der Waals surface area contributed by atoms with Crippen LogP contribution in [0.1, 0.15) is 38.6 Å². The number of aryl methyl sites for hydroxylation is 1. The Morgan fingerprint density at radius 1 is 1.10 bits per heavy atom. The minimum atomic E-state index is -3.26. The predicted molar refractivity (Wildman–Crippen MR) is 114 cm³/mol. The van der Waals surface area contributed by atoms with Crippen LogP contribution in [0.15, 0.2) is 46.2 Å². The molecular weight excluding hydrogens is 388 g/mol. The van der Waals surface area contributed by atoms with Crippen molar-refractivity contribution in [2.45, 2.75) is 43.5 Å². The molecule has 1 aromatic carbocycles. The van der Waals surface area contributed by atoms with E-state index in [1.54, 1.807) is 42.1 Å². The monoisotopic (exact) mass is 414 g/mol. The molecule has 3 aromatic rings. The van der Waals surface area contributed by atoms with E-state index < -0.39 is 9.84 Å². The lowest BCUT2D eigenvalue weighted by molar-refractivity contribution is 0.246. The molecule has 1 fully saturated rings. The zero-order chi connectivity index (χ0) is 20.8. The third kappa shape index (κ3) is 3.69. The number of nitrogens with one attached hydrogen (secondary N) is 1. The van der Waals surface area contributed by atoms with Crippen molar-refractivity contribution in [3.8, 4) is 0 Å². The van der Waals surface area contributed by atoms with Crippen LogP contribution in [-0.2, 0) is 16.9 Å². The Kier molecular flexibility index (Phi) is 4.98. The molecule has 154 valence electrons. The van der Waals surface area contributed by atoms with Crippen LogP contribution >= 0.6 is 0 Å². The largest absolute Gasteiger partial charge is 0.338 e. The van der Waals surface area contributed by atoms with Gasteiger partial charge in [-0.2, -0.15) is 5.10 Å². The van der Waals surface area contributed by atoms with Crippen molar-refractivity contribution in [2.75, 3.05) is 11.6 Å². The molecule has 0 saturated heterocycles. The predicted octanol–water partition coefficient (Wildman–Crippen LogP) is 3.63. The van der Waals surface area contributed by atoms with Crippen LogP contribution in [0.2, 0.25) is 0 Å². The molecule has 1 N–H and O–H groups in total. The highest BCUT2D eigenvalue weighted by atomic mass is 32.2. The summed E-state index contributed by atoms with van der Waals surface area (Å²) in [4.78, 5) is 13.1. The summed E-state index contributed by atoms with van der Waals surface area (Å²) in [5.41, 5.74) is 1.42. The Morgan fingerprint density at radius 2 is 1.79 bits per heavy atom. The number of nitrogens with zero attached hydrogens (tertiary/aromatic N) is 3. The molecule has 29 heavy (non-hydrogen) atoms. The lowest BCUT2D eigenvalue weighted by Gasteiger charge is -2.29. The van der Waals surface area contributed by atoms with Gasteiger partial charge in [0.25, 0.3) is 5.56 Å². The van der Waals surface area contributed by atoms with Gasteiger partial charge in [0, 0.05) is 25.2 Å². The third-order valence-electron chi connectivity index (χ3n) is 5.86. The fourth-order valence-electron chi connectivity index (χ4n) is 4.17. The molecule has 0 amide bonds. The second kappa shape index (κ2) is 7.33. The average Bonchev–Trinajstić information content (AvgIpc) is 3.03. The molecule has 0 spiro atoms. The van der Waals surface area contributed by atoms with Gasteiger partial charge in [0.05, 0.1) is 16.5 Å². The minimum absolute atomic E-state index is 0.104. The first kappa shape index (κ1) is 19.7. The minimum Gasteiger partial charge on any atom is -0.338 e. The maximum Gasteiger partial charge on any atom is 0.263 e. The van der Waals surface area contributed by atoms with E-state index in [0.717, 1.165) is 24.8 Å². The second-order valence-corrected chi connectivity index (χ2v) is 10.1. The highest BCUT2D eigenvalue weighted by Crippen LogP contribution is 2.36. The van der Waals surface area contributed by atoms with Crippen molar-refractivity contribution in [1.29, 1.82) is 0 Å². The fourth-order valence-corrected chi connectivity index (χ4v) is 4.80. The van der Waals surface area contributed by atoms with E-state index in [0.29, 0.717) is 22.8 Å². The fraction of sp³-hybridized carbons (Fsp3) is 0.429. The molecule has 0 aliphatic heterocycles. The number of anilines is 2. The smallest absolute Gasteiger partial charge is 0.263 e. The number of fused-ring (bicyclic) bond motifs is 1. The van der Waals surface area contributed by atoms with Gasteiger partial charge in [-0.3, -0.25) is 9.48 Å². The lowest BCUT2D eigenvalue weighted by Crippen LogP contribution is -2.22. The van der Waals surface area contributed by atoms with Gasteiger partial charge in [0.2, 0.25) is 0 Å². The van der Waals surface area contributed by atoms with E-state index in [2.05, 4.69) is 12.2 Å². The number of hydrogen-bond acceptors (Lipinski definition) is 5. The van der Waals surface area contributed by atoms with Crippen molar-refractivity contribution in [3.63, 3.8) is 0 Å². The van der Waals surface area contributed by atoms with Crippen molar-refractivity contribution < 1.29 is 8.42 Å². The zero-order valence-corrected chi connectivity index (χ0v) is 17.7. The molecule has 2 atom stereocenters. The summed E-state index contributed by atoms with van der Waals surface area (Å²) in [6.07, 6.45) is 7.57. The molecule has 2 aromatic heterocycles. The molecule has 7 nitrogen and oxygen atoms in total. The van der Waals surface area contributed by atoms with Gasteiger partial charge < -0.3 is 9.88 Å². The molecule has 1 aliphatic rings. The SMILES string of the molecule is CC1CCCCC1n1nc(Nc2ccc(S(C)(=O)=O)cc2)c2c(=O)n(C)ccc21. The number of rotatable bonds is 4. The first-order chi connectivity index (χ1) is 13.8. The van der Waals surface area contributed by atoms with E-state index in [9.17, 15) is 13.2 Å². The van der Waals surface area contributed by atoms with Gasteiger partial charge >= 0.3 is 0 Å². The first-order valence-corrected chi connectivity index (χ1v) is 11.8. The van der Waals surface area contributed by atoms with Crippen LogP contribution in [0.25, 0.3) is 10.9 Å². The average molecular weight is 415 g/mol. The Morgan fingerprint density at radius 3 is 2.45 bits per heavy atom. The van der Waals surface area contributed by atoms with Crippen molar-refractivity contribution in [1.82, 2.24) is 14.3 Å². The van der Waals surface area contributed by atoms with Gasteiger partial charge in [-0.05, 0) is 49.1 Å². The number of aromatic nitrogens is 3. The summed E-state index contributed by atoms with van der Waals surface area (Å²) in [7, 11) is -1.53. The highest BCUT2D eigenvalue weighted by molar-refractivity contribution is 7.90. The van der Waals surface area contributed by atoms with E-state index >= 15 is 0 Å². The van der Waals surface area contributed by atoms with Crippen LogP contribution in [0, 0.1) is 5.92 Å². The molecular formula is C21H26N4O3S. The van der Waals surface area contributed by atoms with Gasteiger partial charge in [-0.15, -0.1) is 0 Å². The van der Waals surface area contributed by atoms with E-state index in [-0.39, 0.29) is 16.5 Å². The third-order valence-corrected chi connectivity index (χ3v) is 6.99. The van der Waals surface area contributed by atoms with Gasteiger partial charge in [0.15, 0.2) is 15.7 Å². The first-order valence-electron chi connectivity index (χ1n) is 9.90. The Labute approximate surface area is 170 Å². The number of pyridine rings is 1. The van der Waals surface area contributed by atoms with Crippen molar-refractivity contribution in [2.24, 2.45) is 13.0 Å². The van der Waals surface area contributed by atoms with Crippen molar-refractivity contribution in [3.05, 3.63) is 46.9 Å². The summed E-state index contributed by atoms with van der Waals surface area (Å²) in [6, 6.07) is 8.70. The molecule has 0 bridgehead atoms. The normalized spacial score (nSPS) is 20.1. The molecule has 2 unspecified atom stereocenters. The number of sulfone groups is 1. The molecule has 1 aliphatic carbocycles. The van der Waals surface area contributed by atoms with Crippen LogP contribution in [-0.4, -0.2) is 29.0 Å². The quantitative estimate of drug-likeness (QED) is 0.704. The summed E-state index contributed by atoms with van der Waals surface area (Å²) in [5, 5.41) is 8.59. The Hall–Kier alpha value is -2.61. The van der Waals surface area contributed by atoms with Crippen LogP contribution in [0.4, 0.5) is 11.5 Å². The summed E-state index contributed by atoms with van der Waals surface area (Å²) < 4.78 is 26.9. The summed E-state index contributed by atoms with van der Waals surface area (Å²) in [5.74, 6) is 1.00. The van der Waals surface area contributed by atoms with Gasteiger partial charge in [0.1, 0.15) is 5.39 Å². The summed E-state index contributed by atoms with van der Waals surface area (Å²) in [6.45, 7) is 2.25. The molecule has 4 rings (SSSR count). The van der Waals surface area contributed by atoms with Crippen LogP contribution < -0.4 is 10.9 Å². The Bertz CT molecular complexity index is 1210. The van der Waals surface area contributed by atoms with E-state index in [1.807, 2.05) is 10.7 Å². The van der Waals surface area contributed by atoms with Gasteiger partial charge in [-0.25, -0.2) is 8.42 Å².